The Morgan fingerprint density at radius 3 is 2.67 bits per heavy atom. The zero-order chi connectivity index (χ0) is 21.1. The Kier molecular flexibility index (Phi) is 4.06. The summed E-state index contributed by atoms with van der Waals surface area (Å²) in [4.78, 5) is 16.2. The van der Waals surface area contributed by atoms with Gasteiger partial charge in [-0.2, -0.15) is 18.3 Å². The maximum atomic E-state index is 14.0. The van der Waals surface area contributed by atoms with Gasteiger partial charge in [-0.1, -0.05) is 0 Å². The molecule has 5 rings (SSSR count). The number of carbonyl (C=O) groups excluding carboxylic acids is 1. The van der Waals surface area contributed by atoms with Crippen LogP contribution in [0.2, 0.25) is 0 Å². The first kappa shape index (κ1) is 18.9. The number of furan rings is 1. The average molecular weight is 417 g/mol. The molecule has 0 amide bonds. The minimum absolute atomic E-state index is 0.0444. The van der Waals surface area contributed by atoms with E-state index < -0.39 is 23.5 Å². The number of hydrogen-bond donors (Lipinski definition) is 0. The molecule has 6 nitrogen and oxygen atoms in total. The normalized spacial score (nSPS) is 16.3. The standard InChI is InChI=1S/C21H18F3N3O3/c1-2-29-19(28)18-16(21(22,23)24)15-14(30-18)9-20(5-6-20)13-11-27(26-17(13)15)10-12-3-7-25-8-4-12/h3-4,7-8,11H,2,5-6,9-10H2,1H3. The molecule has 1 fully saturated rings. The first-order valence-electron chi connectivity index (χ1n) is 9.69. The molecule has 30 heavy (non-hydrogen) atoms. The summed E-state index contributed by atoms with van der Waals surface area (Å²) in [5.74, 6) is -1.74. The molecule has 3 aromatic rings. The van der Waals surface area contributed by atoms with Crippen molar-refractivity contribution >= 4 is 5.97 Å². The number of ether oxygens (including phenoxy) is 1. The predicted molar refractivity (Wildman–Crippen MR) is 98.8 cm³/mol. The number of rotatable bonds is 4. The van der Waals surface area contributed by atoms with Gasteiger partial charge in [-0.25, -0.2) is 4.79 Å². The van der Waals surface area contributed by atoms with Crippen LogP contribution in [0.5, 0.6) is 0 Å². The van der Waals surface area contributed by atoms with Crippen molar-refractivity contribution in [2.45, 2.75) is 44.3 Å². The van der Waals surface area contributed by atoms with Gasteiger partial charge in [-0.15, -0.1) is 0 Å². The average Bonchev–Trinajstić information content (AvgIpc) is 3.14. The zero-order valence-electron chi connectivity index (χ0n) is 16.1. The summed E-state index contributed by atoms with van der Waals surface area (Å²) in [5, 5.41) is 4.50. The van der Waals surface area contributed by atoms with Gasteiger partial charge in [-0.3, -0.25) is 9.67 Å². The predicted octanol–water partition coefficient (Wildman–Crippen LogP) is 4.37. The van der Waals surface area contributed by atoms with Gasteiger partial charge in [0.1, 0.15) is 17.0 Å². The molecule has 1 saturated carbocycles. The van der Waals surface area contributed by atoms with Crippen LogP contribution in [-0.2, 0) is 29.3 Å². The lowest BCUT2D eigenvalue weighted by Gasteiger charge is -2.20. The minimum Gasteiger partial charge on any atom is -0.460 e. The van der Waals surface area contributed by atoms with Gasteiger partial charge in [0.25, 0.3) is 0 Å². The quantitative estimate of drug-likeness (QED) is 0.590. The first-order valence-corrected chi connectivity index (χ1v) is 9.69. The Labute approximate surface area is 169 Å². The van der Waals surface area contributed by atoms with E-state index in [0.29, 0.717) is 13.0 Å². The van der Waals surface area contributed by atoms with Gasteiger partial charge >= 0.3 is 12.1 Å². The first-order chi connectivity index (χ1) is 14.3. The summed E-state index contributed by atoms with van der Waals surface area (Å²) in [5.41, 5.74) is 0.463. The fourth-order valence-electron chi connectivity index (χ4n) is 4.21. The fourth-order valence-corrected chi connectivity index (χ4v) is 4.21. The topological polar surface area (TPSA) is 70.2 Å². The highest BCUT2D eigenvalue weighted by molar-refractivity contribution is 5.92. The summed E-state index contributed by atoms with van der Waals surface area (Å²) in [7, 11) is 0. The highest BCUT2D eigenvalue weighted by atomic mass is 19.4. The molecule has 0 radical (unpaired) electrons. The number of esters is 1. The van der Waals surface area contributed by atoms with Gasteiger partial charge in [-0.05, 0) is 37.5 Å². The molecule has 2 aliphatic carbocycles. The third-order valence-electron chi connectivity index (χ3n) is 5.74. The van der Waals surface area contributed by atoms with Crippen molar-refractivity contribution in [1.29, 1.82) is 0 Å². The van der Waals surface area contributed by atoms with Crippen molar-refractivity contribution in [3.8, 4) is 11.3 Å². The molecular formula is C21H18F3N3O3. The Hall–Kier alpha value is -3.10. The van der Waals surface area contributed by atoms with Crippen LogP contribution in [-0.4, -0.2) is 27.3 Å². The van der Waals surface area contributed by atoms with E-state index in [0.717, 1.165) is 24.0 Å². The SMILES string of the molecule is CCOC(=O)c1oc2c(c1C(F)(F)F)-c1nn(Cc3ccncc3)cc1C1(CC1)C2. The van der Waals surface area contributed by atoms with Crippen LogP contribution < -0.4 is 0 Å². The van der Waals surface area contributed by atoms with Gasteiger partial charge in [0.05, 0.1) is 18.7 Å². The second kappa shape index (κ2) is 6.45. The van der Waals surface area contributed by atoms with E-state index in [1.807, 2.05) is 18.3 Å². The Morgan fingerprint density at radius 2 is 2.03 bits per heavy atom. The van der Waals surface area contributed by atoms with Crippen LogP contribution in [0, 0.1) is 0 Å². The maximum absolute atomic E-state index is 14.0. The summed E-state index contributed by atoms with van der Waals surface area (Å²) in [6.07, 6.45) is 2.36. The van der Waals surface area contributed by atoms with Crippen LogP contribution in [0.3, 0.4) is 0 Å². The molecule has 9 heteroatoms. The largest absolute Gasteiger partial charge is 0.460 e. The van der Waals surface area contributed by atoms with Crippen molar-refractivity contribution in [2.24, 2.45) is 0 Å². The van der Waals surface area contributed by atoms with E-state index in [4.69, 9.17) is 9.15 Å². The molecule has 0 aromatic carbocycles. The number of carbonyl (C=O) groups is 1. The molecular weight excluding hydrogens is 399 g/mol. The highest BCUT2D eigenvalue weighted by Gasteiger charge is 2.55. The summed E-state index contributed by atoms with van der Waals surface area (Å²) < 4.78 is 54.0. The van der Waals surface area contributed by atoms with Crippen LogP contribution in [0.4, 0.5) is 13.2 Å². The number of aromatic nitrogens is 3. The van der Waals surface area contributed by atoms with Crippen LogP contribution in [0.1, 0.15) is 52.8 Å². The molecule has 156 valence electrons. The van der Waals surface area contributed by atoms with Crippen LogP contribution in [0.25, 0.3) is 11.3 Å². The van der Waals surface area contributed by atoms with Crippen molar-refractivity contribution < 1.29 is 27.1 Å². The Bertz CT molecular complexity index is 1130. The number of pyridine rings is 1. The Morgan fingerprint density at radius 1 is 1.30 bits per heavy atom. The van der Waals surface area contributed by atoms with E-state index in [1.54, 1.807) is 17.1 Å². The molecule has 0 bridgehead atoms. The van der Waals surface area contributed by atoms with E-state index in [9.17, 15) is 18.0 Å². The molecule has 1 spiro atoms. The molecule has 0 atom stereocenters. The van der Waals surface area contributed by atoms with E-state index >= 15 is 0 Å². The number of hydrogen-bond acceptors (Lipinski definition) is 5. The molecule has 0 unspecified atom stereocenters. The molecule has 3 aromatic heterocycles. The lowest BCUT2D eigenvalue weighted by Crippen LogP contribution is -2.18. The van der Waals surface area contributed by atoms with Gasteiger partial charge in [0.15, 0.2) is 0 Å². The maximum Gasteiger partial charge on any atom is 0.421 e. The zero-order valence-corrected chi connectivity index (χ0v) is 16.1. The van der Waals surface area contributed by atoms with Crippen molar-refractivity contribution in [3.05, 3.63) is 58.9 Å². The highest BCUT2D eigenvalue weighted by Crippen LogP contribution is 2.59. The lowest BCUT2D eigenvalue weighted by atomic mass is 9.82. The van der Waals surface area contributed by atoms with Crippen molar-refractivity contribution in [1.82, 2.24) is 14.8 Å². The fraction of sp³-hybridized carbons (Fsp3) is 0.381. The smallest absolute Gasteiger partial charge is 0.421 e. The second-order valence-electron chi connectivity index (χ2n) is 7.72. The summed E-state index contributed by atoms with van der Waals surface area (Å²) >= 11 is 0. The van der Waals surface area contributed by atoms with E-state index in [-0.39, 0.29) is 29.0 Å². The molecule has 0 N–H and O–H groups in total. The number of halogens is 3. The van der Waals surface area contributed by atoms with Gasteiger partial charge in [0.2, 0.25) is 5.76 Å². The second-order valence-corrected chi connectivity index (χ2v) is 7.72. The van der Waals surface area contributed by atoms with E-state index in [2.05, 4.69) is 10.1 Å². The number of fused-ring (bicyclic) bond motifs is 4. The van der Waals surface area contributed by atoms with E-state index in [1.165, 1.54) is 6.92 Å². The molecule has 2 aliphatic rings. The number of alkyl halides is 3. The third kappa shape index (κ3) is 2.91. The Balaban J connectivity index is 1.66. The lowest BCUT2D eigenvalue weighted by molar-refractivity contribution is -0.138. The van der Waals surface area contributed by atoms with Crippen molar-refractivity contribution in [2.75, 3.05) is 6.61 Å². The summed E-state index contributed by atoms with van der Waals surface area (Å²) in [6.45, 7) is 1.90. The molecule has 0 aliphatic heterocycles. The minimum atomic E-state index is -4.78. The third-order valence-corrected chi connectivity index (χ3v) is 5.74. The van der Waals surface area contributed by atoms with Crippen LogP contribution >= 0.6 is 0 Å². The van der Waals surface area contributed by atoms with Crippen LogP contribution in [0.15, 0.2) is 35.1 Å². The van der Waals surface area contributed by atoms with Crippen molar-refractivity contribution in [3.63, 3.8) is 0 Å². The summed E-state index contributed by atoms with van der Waals surface area (Å²) in [6, 6.07) is 3.66. The number of nitrogens with zero attached hydrogens (tertiary/aromatic N) is 3. The monoisotopic (exact) mass is 417 g/mol. The van der Waals surface area contributed by atoms with Gasteiger partial charge < -0.3 is 9.15 Å². The molecule has 0 saturated heterocycles. The van der Waals surface area contributed by atoms with Gasteiger partial charge in [0, 0.05) is 36.0 Å². The molecule has 3 heterocycles.